The van der Waals surface area contributed by atoms with Gasteiger partial charge in [-0.3, -0.25) is 0 Å². The summed E-state index contributed by atoms with van der Waals surface area (Å²) < 4.78 is 6.88. The first-order chi connectivity index (χ1) is 6.38. The minimum Gasteiger partial charge on any atom is -0.392 e. The molecule has 0 aliphatic rings. The molecule has 2 aromatic heterocycles. The molecule has 0 atom stereocenters. The first-order valence-electron chi connectivity index (χ1n) is 4.03. The lowest BCUT2D eigenvalue weighted by Gasteiger charge is -1.96. The smallest absolute Gasteiger partial charge is 0.156 e. The van der Waals surface area contributed by atoms with Gasteiger partial charge in [-0.1, -0.05) is 5.16 Å². The molecule has 0 aliphatic heterocycles. The first-order valence-corrected chi connectivity index (χ1v) is 4.03. The van der Waals surface area contributed by atoms with Gasteiger partial charge in [0.2, 0.25) is 0 Å². The maximum atomic E-state index is 8.83. The SMILES string of the molecule is OCc1ccn(Cc2ccno2)c1. The molecule has 0 spiro atoms. The fourth-order valence-electron chi connectivity index (χ4n) is 1.19. The second kappa shape index (κ2) is 3.45. The molecule has 0 aliphatic carbocycles. The predicted octanol–water partition coefficient (Wildman–Crippen LogP) is 1.02. The second-order valence-electron chi connectivity index (χ2n) is 2.83. The molecular weight excluding hydrogens is 168 g/mol. The minimum atomic E-state index is 0.0728. The van der Waals surface area contributed by atoms with E-state index < -0.39 is 0 Å². The van der Waals surface area contributed by atoms with Gasteiger partial charge in [0.15, 0.2) is 5.76 Å². The van der Waals surface area contributed by atoms with E-state index in [4.69, 9.17) is 9.63 Å². The summed E-state index contributed by atoms with van der Waals surface area (Å²) in [6, 6.07) is 3.69. The molecule has 0 unspecified atom stereocenters. The number of aromatic nitrogens is 2. The molecule has 0 aromatic carbocycles. The lowest BCUT2D eigenvalue weighted by Crippen LogP contribution is -1.94. The molecular formula is C9H10N2O2. The number of rotatable bonds is 3. The van der Waals surface area contributed by atoms with Gasteiger partial charge >= 0.3 is 0 Å². The molecule has 0 saturated carbocycles. The van der Waals surface area contributed by atoms with Gasteiger partial charge in [-0.05, 0) is 11.6 Å². The Balaban J connectivity index is 2.10. The maximum Gasteiger partial charge on any atom is 0.156 e. The molecule has 0 radical (unpaired) electrons. The van der Waals surface area contributed by atoms with Crippen LogP contribution in [0.1, 0.15) is 11.3 Å². The van der Waals surface area contributed by atoms with Crippen LogP contribution in [0.2, 0.25) is 0 Å². The average Bonchev–Trinajstić information content (AvgIpc) is 2.76. The summed E-state index contributed by atoms with van der Waals surface area (Å²) in [5.74, 6) is 0.806. The Labute approximate surface area is 75.4 Å². The summed E-state index contributed by atoms with van der Waals surface area (Å²) in [5.41, 5.74) is 0.902. The van der Waals surface area contributed by atoms with Crippen molar-refractivity contribution in [3.8, 4) is 0 Å². The minimum absolute atomic E-state index is 0.0728. The molecule has 1 N–H and O–H groups in total. The predicted molar refractivity (Wildman–Crippen MR) is 46.0 cm³/mol. The van der Waals surface area contributed by atoms with Crippen LogP contribution in [0.4, 0.5) is 0 Å². The molecule has 4 heteroatoms. The van der Waals surface area contributed by atoms with Crippen molar-refractivity contribution in [3.63, 3.8) is 0 Å². The average molecular weight is 178 g/mol. The summed E-state index contributed by atoms with van der Waals surface area (Å²) >= 11 is 0. The molecule has 68 valence electrons. The lowest BCUT2D eigenvalue weighted by molar-refractivity contribution is 0.281. The van der Waals surface area contributed by atoms with Gasteiger partial charge in [0.05, 0.1) is 19.3 Å². The highest BCUT2D eigenvalue weighted by molar-refractivity contribution is 5.10. The highest BCUT2D eigenvalue weighted by atomic mass is 16.5. The van der Waals surface area contributed by atoms with Crippen LogP contribution in [0.25, 0.3) is 0 Å². The number of aliphatic hydroxyl groups is 1. The zero-order valence-electron chi connectivity index (χ0n) is 7.05. The normalized spacial score (nSPS) is 10.5. The van der Waals surface area contributed by atoms with Crippen LogP contribution in [0.5, 0.6) is 0 Å². The Morgan fingerprint density at radius 3 is 3.00 bits per heavy atom. The van der Waals surface area contributed by atoms with Gasteiger partial charge in [0, 0.05) is 18.5 Å². The molecule has 0 amide bonds. The molecule has 2 heterocycles. The van der Waals surface area contributed by atoms with Crippen LogP contribution in [0.3, 0.4) is 0 Å². The standard InChI is InChI=1S/C9H10N2O2/c12-7-8-2-4-11(5-8)6-9-1-3-10-13-9/h1-5,12H,6-7H2. The van der Waals surface area contributed by atoms with Crippen LogP contribution in [0.15, 0.2) is 35.2 Å². The van der Waals surface area contributed by atoms with Crippen molar-refractivity contribution in [2.24, 2.45) is 0 Å². The molecule has 2 rings (SSSR count). The largest absolute Gasteiger partial charge is 0.392 e. The molecule has 0 fully saturated rings. The van der Waals surface area contributed by atoms with Crippen molar-refractivity contribution in [1.29, 1.82) is 0 Å². The van der Waals surface area contributed by atoms with Crippen LogP contribution in [0, 0.1) is 0 Å². The molecule has 2 aromatic rings. The third kappa shape index (κ3) is 1.78. The Hall–Kier alpha value is -1.55. The third-order valence-corrected chi connectivity index (χ3v) is 1.82. The maximum absolute atomic E-state index is 8.83. The Bertz CT molecular complexity index is 365. The fraction of sp³-hybridized carbons (Fsp3) is 0.222. The van der Waals surface area contributed by atoms with Crippen LogP contribution in [-0.4, -0.2) is 14.8 Å². The van der Waals surface area contributed by atoms with E-state index >= 15 is 0 Å². The topological polar surface area (TPSA) is 51.2 Å². The van der Waals surface area contributed by atoms with Crippen LogP contribution < -0.4 is 0 Å². The van der Waals surface area contributed by atoms with Gasteiger partial charge in [-0.2, -0.15) is 0 Å². The van der Waals surface area contributed by atoms with Crippen molar-refractivity contribution in [3.05, 3.63) is 42.0 Å². The number of hydrogen-bond acceptors (Lipinski definition) is 3. The second-order valence-corrected chi connectivity index (χ2v) is 2.83. The Kier molecular flexibility index (Phi) is 2.14. The first kappa shape index (κ1) is 8.07. The van der Waals surface area contributed by atoms with Crippen molar-refractivity contribution >= 4 is 0 Å². The summed E-state index contributed by atoms with van der Waals surface area (Å²) in [7, 11) is 0. The van der Waals surface area contributed by atoms with E-state index in [0.29, 0.717) is 6.54 Å². The van der Waals surface area contributed by atoms with E-state index in [1.807, 2.05) is 29.1 Å². The van der Waals surface area contributed by atoms with Gasteiger partial charge < -0.3 is 14.2 Å². The van der Waals surface area contributed by atoms with E-state index in [-0.39, 0.29) is 6.61 Å². The number of nitrogens with zero attached hydrogens (tertiary/aromatic N) is 2. The highest BCUT2D eigenvalue weighted by Gasteiger charge is 1.99. The van der Waals surface area contributed by atoms with Crippen molar-refractivity contribution in [1.82, 2.24) is 9.72 Å². The summed E-state index contributed by atoms with van der Waals surface area (Å²) in [6.07, 6.45) is 5.39. The summed E-state index contributed by atoms with van der Waals surface area (Å²) in [5, 5.41) is 12.4. The summed E-state index contributed by atoms with van der Waals surface area (Å²) in [4.78, 5) is 0. The van der Waals surface area contributed by atoms with Gasteiger partial charge in [-0.25, -0.2) is 0 Å². The van der Waals surface area contributed by atoms with Gasteiger partial charge in [0.1, 0.15) is 0 Å². The Morgan fingerprint density at radius 2 is 2.38 bits per heavy atom. The van der Waals surface area contributed by atoms with E-state index in [0.717, 1.165) is 11.3 Å². The van der Waals surface area contributed by atoms with Crippen molar-refractivity contribution in [2.75, 3.05) is 0 Å². The molecule has 4 nitrogen and oxygen atoms in total. The molecule has 0 saturated heterocycles. The van der Waals surface area contributed by atoms with E-state index in [1.54, 1.807) is 6.20 Å². The zero-order valence-corrected chi connectivity index (χ0v) is 7.05. The van der Waals surface area contributed by atoms with Gasteiger partial charge in [-0.15, -0.1) is 0 Å². The van der Waals surface area contributed by atoms with Crippen LogP contribution in [-0.2, 0) is 13.2 Å². The molecule has 13 heavy (non-hydrogen) atoms. The van der Waals surface area contributed by atoms with E-state index in [9.17, 15) is 0 Å². The van der Waals surface area contributed by atoms with Crippen molar-refractivity contribution in [2.45, 2.75) is 13.2 Å². The lowest BCUT2D eigenvalue weighted by atomic mass is 10.4. The molecule has 0 bridgehead atoms. The number of aliphatic hydroxyl groups excluding tert-OH is 1. The summed E-state index contributed by atoms with van der Waals surface area (Å²) in [6.45, 7) is 0.726. The Morgan fingerprint density at radius 1 is 1.46 bits per heavy atom. The van der Waals surface area contributed by atoms with E-state index in [1.165, 1.54) is 0 Å². The van der Waals surface area contributed by atoms with Crippen LogP contribution >= 0.6 is 0 Å². The third-order valence-electron chi connectivity index (χ3n) is 1.82. The van der Waals surface area contributed by atoms with Gasteiger partial charge in [0.25, 0.3) is 0 Å². The monoisotopic (exact) mass is 178 g/mol. The highest BCUT2D eigenvalue weighted by Crippen LogP contribution is 2.05. The fourth-order valence-corrected chi connectivity index (χ4v) is 1.19. The quantitative estimate of drug-likeness (QED) is 0.763. The van der Waals surface area contributed by atoms with Crippen molar-refractivity contribution < 1.29 is 9.63 Å². The number of hydrogen-bond donors (Lipinski definition) is 1. The zero-order chi connectivity index (χ0) is 9.10. The van der Waals surface area contributed by atoms with E-state index in [2.05, 4.69) is 5.16 Å².